The van der Waals surface area contributed by atoms with Gasteiger partial charge in [0.25, 0.3) is 0 Å². The molecule has 18 heavy (non-hydrogen) atoms. The number of benzene rings is 1. The maximum absolute atomic E-state index is 12.5. The van der Waals surface area contributed by atoms with E-state index >= 15 is 0 Å². The van der Waals surface area contributed by atoms with E-state index in [0.29, 0.717) is 6.61 Å². The molecule has 0 spiro atoms. The van der Waals surface area contributed by atoms with Gasteiger partial charge in [-0.25, -0.2) is 0 Å². The summed E-state index contributed by atoms with van der Waals surface area (Å²) in [6.07, 6.45) is 2.77. The molecule has 0 N–H and O–H groups in total. The first kappa shape index (κ1) is 11.7. The van der Waals surface area contributed by atoms with Crippen LogP contribution in [0.15, 0.2) is 18.2 Å². The lowest BCUT2D eigenvalue weighted by atomic mass is 9.90. The molecule has 2 aliphatic heterocycles. The second-order valence-electron chi connectivity index (χ2n) is 5.00. The van der Waals surface area contributed by atoms with Crippen LogP contribution >= 0.6 is 0 Å². The number of hydrogen-bond acceptors (Lipinski definition) is 3. The van der Waals surface area contributed by atoms with Crippen molar-refractivity contribution in [1.82, 2.24) is 0 Å². The third-order valence-corrected chi connectivity index (χ3v) is 3.92. The number of rotatable bonds is 3. The highest BCUT2D eigenvalue weighted by Gasteiger charge is 2.33. The van der Waals surface area contributed by atoms with Crippen LogP contribution in [-0.2, 0) is 11.2 Å². The van der Waals surface area contributed by atoms with Gasteiger partial charge in [0.05, 0.1) is 18.6 Å². The molecule has 1 aromatic carbocycles. The Labute approximate surface area is 107 Å². The largest absolute Gasteiger partial charge is 0.493 e. The van der Waals surface area contributed by atoms with Gasteiger partial charge >= 0.3 is 0 Å². The standard InChI is InChI=1S/C15H18O3/c1-2-13-12(6-8-17-13)15(16)11-3-4-14-10(9-11)5-7-18-14/h3-4,9,12-13H,2,5-8H2,1H3. The number of Topliss-reactive ketones (excluding diaryl/α,β-unsaturated/α-hetero) is 1. The molecule has 1 saturated heterocycles. The number of fused-ring (bicyclic) bond motifs is 1. The van der Waals surface area contributed by atoms with Gasteiger partial charge in [0.15, 0.2) is 5.78 Å². The van der Waals surface area contributed by atoms with E-state index in [2.05, 4.69) is 6.92 Å². The maximum atomic E-state index is 12.5. The average molecular weight is 246 g/mol. The molecule has 0 aromatic heterocycles. The van der Waals surface area contributed by atoms with Crippen molar-refractivity contribution < 1.29 is 14.3 Å². The van der Waals surface area contributed by atoms with Gasteiger partial charge in [-0.05, 0) is 36.6 Å². The number of hydrogen-bond donors (Lipinski definition) is 0. The summed E-state index contributed by atoms with van der Waals surface area (Å²) in [6.45, 7) is 3.52. The minimum atomic E-state index is 0.0374. The zero-order valence-corrected chi connectivity index (χ0v) is 10.6. The third-order valence-electron chi connectivity index (χ3n) is 3.92. The predicted molar refractivity (Wildman–Crippen MR) is 68.1 cm³/mol. The van der Waals surface area contributed by atoms with E-state index in [9.17, 15) is 4.79 Å². The average Bonchev–Trinajstić information content (AvgIpc) is 3.05. The van der Waals surface area contributed by atoms with Gasteiger partial charge in [0, 0.05) is 18.6 Å². The highest BCUT2D eigenvalue weighted by atomic mass is 16.5. The fourth-order valence-corrected chi connectivity index (χ4v) is 2.90. The highest BCUT2D eigenvalue weighted by Crippen LogP contribution is 2.30. The van der Waals surface area contributed by atoms with E-state index in [0.717, 1.165) is 42.7 Å². The van der Waals surface area contributed by atoms with Crippen LogP contribution in [0.5, 0.6) is 5.75 Å². The normalized spacial score (nSPS) is 25.8. The van der Waals surface area contributed by atoms with Crippen molar-refractivity contribution >= 4 is 5.78 Å². The van der Waals surface area contributed by atoms with Gasteiger partial charge in [-0.15, -0.1) is 0 Å². The fourth-order valence-electron chi connectivity index (χ4n) is 2.90. The lowest BCUT2D eigenvalue weighted by Gasteiger charge is -2.15. The maximum Gasteiger partial charge on any atom is 0.168 e. The molecule has 2 heterocycles. The number of carbonyl (C=O) groups excluding carboxylic acids is 1. The van der Waals surface area contributed by atoms with Gasteiger partial charge in [0.1, 0.15) is 5.75 Å². The van der Waals surface area contributed by atoms with Gasteiger partial charge < -0.3 is 9.47 Å². The summed E-state index contributed by atoms with van der Waals surface area (Å²) >= 11 is 0. The monoisotopic (exact) mass is 246 g/mol. The number of ketones is 1. The quantitative estimate of drug-likeness (QED) is 0.769. The second kappa shape index (κ2) is 4.73. The molecule has 0 aliphatic carbocycles. The molecule has 3 heteroatoms. The Balaban J connectivity index is 1.84. The fraction of sp³-hybridized carbons (Fsp3) is 0.533. The molecule has 0 radical (unpaired) electrons. The summed E-state index contributed by atoms with van der Waals surface area (Å²) in [4.78, 5) is 12.5. The molecular weight excluding hydrogens is 228 g/mol. The molecule has 96 valence electrons. The van der Waals surface area contributed by atoms with Crippen molar-refractivity contribution in [3.05, 3.63) is 29.3 Å². The minimum absolute atomic E-state index is 0.0374. The molecular formula is C15H18O3. The van der Waals surface area contributed by atoms with Crippen LogP contribution in [0.25, 0.3) is 0 Å². The molecule has 0 amide bonds. The lowest BCUT2D eigenvalue weighted by Crippen LogP contribution is -2.23. The molecule has 2 aliphatic rings. The van der Waals surface area contributed by atoms with Crippen molar-refractivity contribution in [2.24, 2.45) is 5.92 Å². The van der Waals surface area contributed by atoms with Crippen LogP contribution in [0.2, 0.25) is 0 Å². The summed E-state index contributed by atoms with van der Waals surface area (Å²) in [6, 6.07) is 5.81. The van der Waals surface area contributed by atoms with Crippen molar-refractivity contribution in [3.63, 3.8) is 0 Å². The molecule has 0 saturated carbocycles. The Hall–Kier alpha value is -1.35. The van der Waals surface area contributed by atoms with Gasteiger partial charge in [-0.2, -0.15) is 0 Å². The Morgan fingerprint density at radius 1 is 1.39 bits per heavy atom. The van der Waals surface area contributed by atoms with Crippen molar-refractivity contribution in [2.75, 3.05) is 13.2 Å². The second-order valence-corrected chi connectivity index (χ2v) is 5.00. The van der Waals surface area contributed by atoms with Crippen LogP contribution in [0.3, 0.4) is 0 Å². The molecule has 0 bridgehead atoms. The third kappa shape index (κ3) is 1.93. The summed E-state index contributed by atoms with van der Waals surface area (Å²) in [7, 11) is 0. The molecule has 1 aromatic rings. The zero-order chi connectivity index (χ0) is 12.5. The Morgan fingerprint density at radius 3 is 3.11 bits per heavy atom. The van der Waals surface area contributed by atoms with Crippen LogP contribution in [0.1, 0.15) is 35.7 Å². The summed E-state index contributed by atoms with van der Waals surface area (Å²) in [5.74, 6) is 1.20. The highest BCUT2D eigenvalue weighted by molar-refractivity contribution is 5.98. The molecule has 3 rings (SSSR count). The van der Waals surface area contributed by atoms with Crippen molar-refractivity contribution in [2.45, 2.75) is 32.3 Å². The first-order chi connectivity index (χ1) is 8.79. The van der Waals surface area contributed by atoms with Gasteiger partial charge in [-0.3, -0.25) is 4.79 Å². The van der Waals surface area contributed by atoms with Crippen LogP contribution in [0, 0.1) is 5.92 Å². The Kier molecular flexibility index (Phi) is 3.08. The summed E-state index contributed by atoms with van der Waals surface area (Å²) in [5, 5.41) is 0. The summed E-state index contributed by atoms with van der Waals surface area (Å²) in [5.41, 5.74) is 1.97. The molecule has 2 atom stereocenters. The van der Waals surface area contributed by atoms with Crippen LogP contribution < -0.4 is 4.74 Å². The predicted octanol–water partition coefficient (Wildman–Crippen LogP) is 2.62. The van der Waals surface area contributed by atoms with Crippen molar-refractivity contribution in [1.29, 1.82) is 0 Å². The van der Waals surface area contributed by atoms with E-state index in [-0.39, 0.29) is 17.8 Å². The number of carbonyl (C=O) groups is 1. The summed E-state index contributed by atoms with van der Waals surface area (Å²) < 4.78 is 11.1. The minimum Gasteiger partial charge on any atom is -0.493 e. The van der Waals surface area contributed by atoms with E-state index < -0.39 is 0 Å². The SMILES string of the molecule is CCC1OCCC1C(=O)c1ccc2c(c1)CCO2. The van der Waals surface area contributed by atoms with Gasteiger partial charge in [-0.1, -0.05) is 6.92 Å². The topological polar surface area (TPSA) is 35.5 Å². The van der Waals surface area contributed by atoms with E-state index in [4.69, 9.17) is 9.47 Å². The lowest BCUT2D eigenvalue weighted by molar-refractivity contribution is 0.0689. The number of ether oxygens (including phenoxy) is 2. The van der Waals surface area contributed by atoms with Crippen LogP contribution in [0.4, 0.5) is 0 Å². The Bertz CT molecular complexity index is 467. The van der Waals surface area contributed by atoms with Gasteiger partial charge in [0.2, 0.25) is 0 Å². The zero-order valence-electron chi connectivity index (χ0n) is 10.6. The van der Waals surface area contributed by atoms with E-state index in [1.54, 1.807) is 0 Å². The molecule has 3 nitrogen and oxygen atoms in total. The molecule has 2 unspecified atom stereocenters. The van der Waals surface area contributed by atoms with E-state index in [1.807, 2.05) is 18.2 Å². The van der Waals surface area contributed by atoms with Crippen LogP contribution in [-0.4, -0.2) is 25.1 Å². The molecule has 1 fully saturated rings. The Morgan fingerprint density at radius 2 is 2.28 bits per heavy atom. The first-order valence-corrected chi connectivity index (χ1v) is 6.71. The van der Waals surface area contributed by atoms with Crippen molar-refractivity contribution in [3.8, 4) is 5.75 Å². The first-order valence-electron chi connectivity index (χ1n) is 6.71. The van der Waals surface area contributed by atoms with E-state index in [1.165, 1.54) is 0 Å². The smallest absolute Gasteiger partial charge is 0.168 e.